The molecule has 0 fully saturated rings. The van der Waals surface area contributed by atoms with Crippen LogP contribution in [0.5, 0.6) is 0 Å². The number of hydrogen-bond acceptors (Lipinski definition) is 3. The van der Waals surface area contributed by atoms with Crippen LogP contribution in [0.3, 0.4) is 0 Å². The van der Waals surface area contributed by atoms with Gasteiger partial charge in [0, 0.05) is 0 Å². The maximum absolute atomic E-state index is 12.2. The molecule has 0 saturated heterocycles. The lowest BCUT2D eigenvalue weighted by molar-refractivity contribution is 0.315. The smallest absolute Gasteiger partial charge is 0.309 e. The second-order valence-electron chi connectivity index (χ2n) is 5.99. The molecule has 8 nitrogen and oxygen atoms in total. The lowest BCUT2D eigenvalue weighted by Crippen LogP contribution is -2.38. The molecular weight excluding hydrogens is 318 g/mol. The van der Waals surface area contributed by atoms with Gasteiger partial charge in [-0.25, -0.2) is 9.13 Å². The predicted octanol–water partition coefficient (Wildman–Crippen LogP) is 1.54. The van der Waals surface area contributed by atoms with Gasteiger partial charge in [-0.2, -0.15) is 4.21 Å². The summed E-state index contributed by atoms with van der Waals surface area (Å²) in [6.45, 7) is -4.98. The van der Waals surface area contributed by atoms with Crippen molar-refractivity contribution in [3.8, 4) is 0 Å². The van der Waals surface area contributed by atoms with E-state index in [2.05, 4.69) is 0 Å². The number of hydrogen-bond donors (Lipinski definition) is 5. The lowest BCUT2D eigenvalue weighted by Gasteiger charge is -2.44. The third-order valence-electron chi connectivity index (χ3n) is 2.49. The van der Waals surface area contributed by atoms with Gasteiger partial charge < -0.3 is 19.6 Å². The van der Waals surface area contributed by atoms with Gasteiger partial charge in [0.1, 0.15) is 0 Å². The van der Waals surface area contributed by atoms with Crippen LogP contribution in [0.2, 0.25) is 0 Å². The zero-order chi connectivity index (χ0) is 15.9. The Kier molecular flexibility index (Phi) is 5.11. The van der Waals surface area contributed by atoms with Crippen LogP contribution in [0.4, 0.5) is 0 Å². The molecule has 0 saturated carbocycles. The molecule has 0 aliphatic rings. The molecule has 19 heavy (non-hydrogen) atoms. The van der Waals surface area contributed by atoms with E-state index in [0.29, 0.717) is 0 Å². The van der Waals surface area contributed by atoms with Crippen LogP contribution in [0.1, 0.15) is 34.1 Å². The molecule has 1 atom stereocenters. The van der Waals surface area contributed by atoms with E-state index in [0.717, 1.165) is 0 Å². The Morgan fingerprint density at radius 3 is 1.58 bits per heavy atom. The van der Waals surface area contributed by atoms with Crippen molar-refractivity contribution in [2.24, 2.45) is 11.3 Å². The van der Waals surface area contributed by atoms with Crippen molar-refractivity contribution in [3.05, 3.63) is 0 Å². The largest absolute Gasteiger partial charge is 0.445 e. The van der Waals surface area contributed by atoms with Crippen molar-refractivity contribution in [1.82, 2.24) is 0 Å². The van der Waals surface area contributed by atoms with E-state index in [1.807, 2.05) is 0 Å². The highest BCUT2D eigenvalue weighted by Crippen LogP contribution is 2.77. The Balaban J connectivity index is 5.68. The van der Waals surface area contributed by atoms with Gasteiger partial charge in [0.15, 0.2) is 0 Å². The van der Waals surface area contributed by atoms with E-state index in [1.54, 1.807) is 20.8 Å². The molecule has 0 rings (SSSR count). The van der Waals surface area contributed by atoms with Gasteiger partial charge in [0.05, 0.1) is 5.75 Å². The summed E-state index contributed by atoms with van der Waals surface area (Å²) >= 11 is 0. The van der Waals surface area contributed by atoms with E-state index in [9.17, 15) is 17.9 Å². The molecule has 0 aliphatic carbocycles. The molecule has 0 amide bonds. The zero-order valence-corrected chi connectivity index (χ0v) is 13.9. The molecule has 5 N–H and O–H groups in total. The average molecular weight is 340 g/mol. The van der Waals surface area contributed by atoms with Crippen LogP contribution in [-0.4, -0.2) is 34.1 Å². The molecule has 0 bridgehead atoms. The van der Waals surface area contributed by atoms with Crippen molar-refractivity contribution < 1.29 is 37.5 Å². The van der Waals surface area contributed by atoms with Gasteiger partial charge in [0.25, 0.3) is 0 Å². The molecule has 118 valence electrons. The van der Waals surface area contributed by atoms with Crippen molar-refractivity contribution in [2.75, 3.05) is 5.75 Å². The minimum absolute atomic E-state index is 0.280. The highest BCUT2D eigenvalue weighted by Gasteiger charge is 2.60. The van der Waals surface area contributed by atoms with Gasteiger partial charge in [-0.05, 0) is 26.3 Å². The minimum Gasteiger partial charge on any atom is -0.309 e. The normalized spacial score (nSPS) is 18.7. The van der Waals surface area contributed by atoms with Crippen molar-refractivity contribution in [1.29, 1.82) is 0 Å². The van der Waals surface area contributed by atoms with Crippen LogP contribution in [0.25, 0.3) is 0 Å². The summed E-state index contributed by atoms with van der Waals surface area (Å²) in [5.41, 5.74) is -0.316. The monoisotopic (exact) mass is 340 g/mol. The van der Waals surface area contributed by atoms with Crippen LogP contribution in [0, 0.1) is 11.3 Å². The molecule has 0 aromatic rings. The first-order valence-corrected chi connectivity index (χ1v) is 11.9. The molecule has 0 heterocycles. The van der Waals surface area contributed by atoms with Crippen molar-refractivity contribution in [2.45, 2.75) is 34.1 Å². The van der Waals surface area contributed by atoms with Crippen LogP contribution in [0.15, 0.2) is 0 Å². The average Bonchev–Trinajstić information content (AvgIpc) is 1.92. The highest BCUT2D eigenvalue weighted by molar-refractivity contribution is 8.91. The second-order valence-corrected chi connectivity index (χ2v) is 18.5. The van der Waals surface area contributed by atoms with Crippen LogP contribution >= 0.6 is 13.6 Å². The van der Waals surface area contributed by atoms with Crippen LogP contribution < -0.4 is 0 Å². The minimum atomic E-state index is -6.43. The van der Waals surface area contributed by atoms with Crippen molar-refractivity contribution >= 4 is 22.2 Å². The van der Waals surface area contributed by atoms with E-state index >= 15 is 0 Å². The Morgan fingerprint density at radius 2 is 1.37 bits per heavy atom. The fraction of sp³-hybridized carbons (Fsp3) is 1.00. The van der Waals surface area contributed by atoms with E-state index in [1.165, 1.54) is 6.92 Å². The number of rotatable bonds is 5. The maximum Gasteiger partial charge on any atom is 0.445 e. The molecule has 0 aliphatic heterocycles. The van der Waals surface area contributed by atoms with E-state index in [4.69, 9.17) is 19.6 Å². The molecule has 0 radical (unpaired) electrons. The van der Waals surface area contributed by atoms with Gasteiger partial charge in [-0.1, -0.05) is 27.7 Å². The first kappa shape index (κ1) is 19.4. The standard InChI is InChI=1S/C8H22O8P2S/c1-7(5-8(2,3)4)6-19(15,16,17(9,10)11)18(12,13)14/h7H,5-6H2,1-4H3,(H,15,16)(H2,9,10,11)(H2,12,13,14). The Hall–Kier alpha value is 0.410. The zero-order valence-electron chi connectivity index (χ0n) is 11.3. The third kappa shape index (κ3) is 3.95. The Morgan fingerprint density at radius 1 is 1.05 bits per heavy atom. The summed E-state index contributed by atoms with van der Waals surface area (Å²) in [6.07, 6.45) is 0.280. The second kappa shape index (κ2) is 5.00. The summed E-state index contributed by atoms with van der Waals surface area (Å²) in [7, 11) is -6.43. The molecular formula is C8H22O8P2S. The molecule has 0 spiro atoms. The fourth-order valence-corrected chi connectivity index (χ4v) is 9.73. The maximum atomic E-state index is 12.2. The summed E-state index contributed by atoms with van der Waals surface area (Å²) in [6, 6.07) is 0. The Bertz CT molecular complexity index is 469. The van der Waals surface area contributed by atoms with E-state index < -0.39 is 33.9 Å². The van der Waals surface area contributed by atoms with Crippen LogP contribution in [-0.2, 0) is 17.7 Å². The lowest BCUT2D eigenvalue weighted by atomic mass is 9.86. The fourth-order valence-electron chi connectivity index (χ4n) is 1.93. The van der Waals surface area contributed by atoms with Gasteiger partial charge in [-0.3, -0.25) is 4.55 Å². The van der Waals surface area contributed by atoms with Gasteiger partial charge in [0.2, 0.25) is 0 Å². The van der Waals surface area contributed by atoms with Gasteiger partial charge >= 0.3 is 13.6 Å². The van der Waals surface area contributed by atoms with E-state index in [-0.39, 0.29) is 11.8 Å². The van der Waals surface area contributed by atoms with Gasteiger partial charge in [-0.15, -0.1) is 0 Å². The highest BCUT2D eigenvalue weighted by atomic mass is 33.2. The molecule has 0 aromatic carbocycles. The third-order valence-corrected chi connectivity index (χ3v) is 16.0. The van der Waals surface area contributed by atoms with Crippen molar-refractivity contribution in [3.63, 3.8) is 0 Å². The summed E-state index contributed by atoms with van der Waals surface area (Å²) in [5.74, 6) is -1.88. The molecule has 11 heteroatoms. The predicted molar refractivity (Wildman–Crippen MR) is 73.0 cm³/mol. The topological polar surface area (TPSA) is 152 Å². The first-order chi connectivity index (χ1) is 7.91. The molecule has 1 unspecified atom stereocenters. The molecule has 0 aromatic heterocycles. The summed E-state index contributed by atoms with van der Waals surface area (Å²) < 4.78 is 44.3. The quantitative estimate of drug-likeness (QED) is 0.472. The SMILES string of the molecule is CC(CC(C)(C)C)CS(=O)(O)(P(=O)(O)O)P(=O)(O)O. The Labute approximate surface area is 111 Å². The summed E-state index contributed by atoms with van der Waals surface area (Å²) in [4.78, 5) is 35.9. The first-order valence-electron chi connectivity index (χ1n) is 5.42. The summed E-state index contributed by atoms with van der Waals surface area (Å²) in [5, 5.41) is 0.